The van der Waals surface area contributed by atoms with Crippen molar-refractivity contribution in [3.63, 3.8) is 0 Å². The van der Waals surface area contributed by atoms with E-state index >= 15 is 0 Å². The average molecular weight is 1040 g/mol. The quantitative estimate of drug-likeness (QED) is 0.0747. The van der Waals surface area contributed by atoms with Gasteiger partial charge >= 0.3 is 88.7 Å². The molecule has 0 amide bonds. The van der Waals surface area contributed by atoms with Crippen LogP contribution in [-0.2, 0) is 72.9 Å². The van der Waals surface area contributed by atoms with E-state index in [2.05, 4.69) is 95.9 Å². The van der Waals surface area contributed by atoms with Crippen LogP contribution in [0.5, 0.6) is 0 Å². The smallest absolute Gasteiger partial charge is 0.756 e. The van der Waals surface area contributed by atoms with Gasteiger partial charge in [-0.1, -0.05) is 20.3 Å². The Morgan fingerprint density at radius 3 is 1.13 bits per heavy atom. The van der Waals surface area contributed by atoms with Gasteiger partial charge in [0.05, 0.1) is 11.9 Å². The molecule has 11 atom stereocenters. The van der Waals surface area contributed by atoms with Crippen LogP contribution in [0.2, 0.25) is 0 Å². The number of carbonyl (C=O) groups is 2. The molecule has 0 spiro atoms. The van der Waals surface area contributed by atoms with Crippen molar-refractivity contribution in [3.8, 4) is 0 Å². The molecule has 3 fully saturated rings. The van der Waals surface area contributed by atoms with E-state index in [9.17, 15) is 97.7 Å². The molecule has 7 unspecified atom stereocenters. The van der Waals surface area contributed by atoms with Gasteiger partial charge in [-0.2, -0.15) is 41.5 Å². The van der Waals surface area contributed by atoms with Crippen LogP contribution in [0.15, 0.2) is 0 Å². The molecule has 6 N–H and O–H groups in total. The number of ether oxygens (including phenoxy) is 2. The van der Waals surface area contributed by atoms with E-state index < -0.39 is 112 Å². The van der Waals surface area contributed by atoms with Crippen LogP contribution in [0.4, 0.5) is 0 Å². The summed E-state index contributed by atoms with van der Waals surface area (Å²) >= 11 is 0. The fraction of sp³-hybridized carbons (Fsp3) is 0.840. The van der Waals surface area contributed by atoms with Gasteiger partial charge < -0.3 is 114 Å². The van der Waals surface area contributed by atoms with Crippen molar-refractivity contribution in [2.75, 3.05) is 14.2 Å². The number of rotatable bonds is 8. The maximum Gasteiger partial charge on any atom is 1.00 e. The second-order valence-electron chi connectivity index (χ2n) is 12.2. The summed E-state index contributed by atoms with van der Waals surface area (Å²) in [5, 5.41) is 79.4. The van der Waals surface area contributed by atoms with Crippen molar-refractivity contribution >= 4 is 51.1 Å². The van der Waals surface area contributed by atoms with Crippen LogP contribution in [0.3, 0.4) is 0 Å². The van der Waals surface area contributed by atoms with Crippen molar-refractivity contribution in [1.82, 2.24) is 0 Å². The number of phosphoric acid groups is 5. The maximum absolute atomic E-state index is 12.1. The largest absolute Gasteiger partial charge is 1.00 e. The van der Waals surface area contributed by atoms with Gasteiger partial charge in [0, 0.05) is 14.2 Å². The Hall–Kier alpha value is 2.29. The molecule has 62 heavy (non-hydrogen) atoms. The first-order valence-corrected chi connectivity index (χ1v) is 23.2. The van der Waals surface area contributed by atoms with Crippen molar-refractivity contribution < 1.29 is 227 Å². The second kappa shape index (κ2) is 34.6. The van der Waals surface area contributed by atoms with Crippen molar-refractivity contribution in [1.29, 1.82) is 0 Å². The van der Waals surface area contributed by atoms with Crippen molar-refractivity contribution in [2.45, 2.75) is 123 Å². The van der Waals surface area contributed by atoms with Crippen LogP contribution < -0.4 is 123 Å². The Bertz CT molecular complexity index is 1420. The maximum atomic E-state index is 12.1. The Morgan fingerprint density at radius 1 is 0.581 bits per heavy atom. The zero-order valence-electron chi connectivity index (χ0n) is 35.8. The van der Waals surface area contributed by atoms with Crippen molar-refractivity contribution in [3.05, 3.63) is 11.8 Å². The number of hydrogen-bond donors (Lipinski definition) is 6. The number of phosphoric ester groups is 2. The number of aliphatic carboxylic acids is 2. The molecule has 0 aromatic rings. The number of carboxylic acids is 2. The van der Waals surface area contributed by atoms with Gasteiger partial charge in [0.15, 0.2) is 12.6 Å². The normalized spacial score (nSPS) is 34.7. The molecular formula is C25H48Na3O29P5-6. The van der Waals surface area contributed by atoms with Crippen LogP contribution in [0, 0.1) is 11.8 Å². The molecule has 37 heteroatoms. The number of aliphatic hydroxyl groups excluding tert-OH is 6. The van der Waals surface area contributed by atoms with Crippen molar-refractivity contribution in [2.24, 2.45) is 0 Å². The fourth-order valence-electron chi connectivity index (χ4n) is 3.13. The van der Waals surface area contributed by atoms with Gasteiger partial charge in [-0.15, -0.1) is 0 Å². The minimum Gasteiger partial charge on any atom is -0.756 e. The number of aliphatic hydroxyl groups is 6. The van der Waals surface area contributed by atoms with E-state index in [-0.39, 0.29) is 88.7 Å². The van der Waals surface area contributed by atoms with Crippen LogP contribution in [-0.4, -0.2) is 118 Å². The van der Waals surface area contributed by atoms with E-state index in [0.29, 0.717) is 0 Å². The minimum absolute atomic E-state index is 0. The third kappa shape index (κ3) is 32.9. The molecule has 0 radical (unpaired) electrons. The Kier molecular flexibility index (Phi) is 42.3. The first-order chi connectivity index (χ1) is 26.4. The molecular weight excluding hydrogens is 988 g/mol. The van der Waals surface area contributed by atoms with Crippen LogP contribution in [0.25, 0.3) is 0 Å². The summed E-state index contributed by atoms with van der Waals surface area (Å²) in [4.78, 5) is 74.5. The molecule has 0 aromatic carbocycles. The zero-order valence-corrected chi connectivity index (χ0v) is 46.3. The molecule has 3 heterocycles. The third-order valence-electron chi connectivity index (χ3n) is 5.14. The van der Waals surface area contributed by atoms with Gasteiger partial charge in [-0.25, -0.2) is 12.9 Å². The Labute approximate surface area is 423 Å². The summed E-state index contributed by atoms with van der Waals surface area (Å²) in [5.41, 5.74) is 0. The minimum atomic E-state index is -5.78. The topological polar surface area (TPSA) is 485 Å². The summed E-state index contributed by atoms with van der Waals surface area (Å²) in [6.07, 6.45) is -22.0. The first kappa shape index (κ1) is 75.8. The molecule has 0 aromatic heterocycles. The third-order valence-corrected chi connectivity index (χ3v) is 11.8. The molecule has 3 aliphatic rings. The van der Waals surface area contributed by atoms with Crippen LogP contribution >= 0.6 is 39.1 Å². The van der Waals surface area contributed by atoms with Gasteiger partial charge in [0.1, 0.15) is 48.8 Å². The molecule has 0 saturated carbocycles. The monoisotopic (exact) mass is 1040 g/mol. The van der Waals surface area contributed by atoms with Gasteiger partial charge in [-0.3, -0.25) is 22.8 Å². The Morgan fingerprint density at radius 2 is 0.855 bits per heavy atom. The standard InChI is InChI=1S/C12H19O16P.2C4H9.C3H8.C2H7O4P.3Na.H3O9P3/c13-1-2(14)7(12(22)25-6(1)9(17)18)28-29(23,24)27-5-3(15)4(16)11(21)26-8(5)10(19)20;2*1-4(2)3;1-3-2;1-5-7(3,4)6-2;;;;1-10(2)7-11(3,4)9-12(5,6)8-10/h1-8,11-16,21-22H,(H,17,18)(H,19,20)(H,23,24);2*1-3H3;3H2,1-2H3;1-2H3,(H,3,4);;;;(H,1,2)(H,3,4)(H,5,6)/q;2*-1;;;3*+1;/p-7/t1-,2+,3+,4?,5+,6?,7?,8?,11?,12?;;;;;;;;/m1......../s1. The van der Waals surface area contributed by atoms with E-state index in [4.69, 9.17) is 0 Å². The predicted molar refractivity (Wildman–Crippen MR) is 177 cm³/mol. The molecule has 29 nitrogen and oxygen atoms in total. The molecule has 0 aliphatic carbocycles. The molecule has 0 bridgehead atoms. The van der Waals surface area contributed by atoms with E-state index in [1.165, 1.54) is 18.3 Å². The molecule has 3 rings (SSSR count). The average Bonchev–Trinajstić information content (AvgIpc) is 3.03. The number of hydrogen-bond acceptors (Lipinski definition) is 29. The first-order valence-electron chi connectivity index (χ1n) is 15.9. The van der Waals surface area contributed by atoms with E-state index in [1.54, 1.807) is 0 Å². The van der Waals surface area contributed by atoms with Gasteiger partial charge in [-0.05, 0) is 0 Å². The fourth-order valence-corrected chi connectivity index (χ4v) is 8.49. The summed E-state index contributed by atoms with van der Waals surface area (Å²) in [5.74, 6) is -1.35. The SMILES string of the molecule is CCC.COP(=O)([O-])OC.C[C-](C)C.C[C-](C)C.O=C([O-])C1OC(O)C(O)[C@H](O)[C@@H]1OP(=O)([O-])OC1C(O)OC(C(=O)[O-])[C@H](O)[C@@H]1O.O=P1([O-])OP(=O)([O-])OP(=O)([O-])O1.[Na+].[Na+].[Na+]. The number of carboxylic acid groups (broad SMARTS) is 2. The summed E-state index contributed by atoms with van der Waals surface area (Å²) < 4.78 is 87.4. The zero-order chi connectivity index (χ0) is 47.7. The molecule has 3 saturated heterocycles. The summed E-state index contributed by atoms with van der Waals surface area (Å²) in [6.45, 7) is 16.8. The predicted octanol–water partition coefficient (Wildman–Crippen LogP) is -14.5. The molecule has 356 valence electrons. The van der Waals surface area contributed by atoms with Gasteiger partial charge in [0.25, 0.3) is 39.1 Å². The van der Waals surface area contributed by atoms with Gasteiger partial charge in [0.2, 0.25) is 0 Å². The summed E-state index contributed by atoms with van der Waals surface area (Å²) in [7, 11) is -23.7. The summed E-state index contributed by atoms with van der Waals surface area (Å²) in [6, 6.07) is 0. The van der Waals surface area contributed by atoms with Crippen LogP contribution in [0.1, 0.15) is 61.8 Å². The van der Waals surface area contributed by atoms with E-state index in [0.717, 1.165) is 14.2 Å². The van der Waals surface area contributed by atoms with E-state index in [1.807, 2.05) is 0 Å². The number of carbonyl (C=O) groups excluding carboxylic acids is 2. The second-order valence-corrected chi connectivity index (χ2v) is 19.8. The molecule has 3 aliphatic heterocycles. The Balaban J connectivity index is -0.000000195.